The van der Waals surface area contributed by atoms with Crippen LogP contribution in [0.25, 0.3) is 0 Å². The van der Waals surface area contributed by atoms with Gasteiger partial charge in [0.25, 0.3) is 16.6 Å². The third-order valence-electron chi connectivity index (χ3n) is 5.37. The Kier molecular flexibility index (Phi) is 7.70. The van der Waals surface area contributed by atoms with Crippen LogP contribution in [0.4, 0.5) is 0 Å². The highest BCUT2D eigenvalue weighted by Gasteiger charge is 2.34. The molecule has 0 aliphatic rings. The predicted octanol–water partition coefficient (Wildman–Crippen LogP) is 6.45. The van der Waals surface area contributed by atoms with Crippen molar-refractivity contribution >= 4 is 16.6 Å². The smallest absolute Gasteiger partial charge is 0.250 e. The maximum atomic E-state index is 6.60. The maximum Gasteiger partial charge on any atom is 0.250 e. The molecule has 2 nitrogen and oxygen atoms in total. The van der Waals surface area contributed by atoms with E-state index in [-0.39, 0.29) is 0 Å². The van der Waals surface area contributed by atoms with E-state index in [1.807, 2.05) is 0 Å². The summed E-state index contributed by atoms with van der Waals surface area (Å²) in [5, 5.41) is 0. The van der Waals surface area contributed by atoms with E-state index in [1.54, 1.807) is 0 Å². The fraction of sp³-hybridized carbons (Fsp3) is 0.667. The van der Waals surface area contributed by atoms with Gasteiger partial charge in [-0.1, -0.05) is 53.7 Å². The van der Waals surface area contributed by atoms with Gasteiger partial charge in [0, 0.05) is 0 Å². The topological polar surface area (TPSA) is 18.5 Å². The van der Waals surface area contributed by atoms with E-state index in [0.717, 1.165) is 47.8 Å². The summed E-state index contributed by atoms with van der Waals surface area (Å²) < 4.78 is 13.2. The van der Waals surface area contributed by atoms with Crippen molar-refractivity contribution < 1.29 is 8.85 Å². The van der Waals surface area contributed by atoms with Gasteiger partial charge in [-0.25, -0.2) is 0 Å². The lowest BCUT2D eigenvalue weighted by atomic mass is 10.3. The minimum atomic E-state index is -1.66. The van der Waals surface area contributed by atoms with Crippen molar-refractivity contribution in [3.63, 3.8) is 0 Å². The third kappa shape index (κ3) is 4.38. The summed E-state index contributed by atoms with van der Waals surface area (Å²) in [6.07, 6.45) is 0. The number of hydrogen-bond donors (Lipinski definition) is 0. The molecule has 0 spiro atoms. The molecule has 0 unspecified atom stereocenters. The van der Waals surface area contributed by atoms with E-state index < -0.39 is 16.6 Å². The molecule has 0 aliphatic heterocycles. The van der Waals surface area contributed by atoms with Crippen LogP contribution in [0.2, 0.25) is 36.3 Å². The zero-order valence-corrected chi connectivity index (χ0v) is 17.4. The second kappa shape index (κ2) is 8.77. The molecule has 1 aromatic carbocycles. The van der Waals surface area contributed by atoms with Gasteiger partial charge in [-0.2, -0.15) is 0 Å². The molecule has 0 radical (unpaired) electrons. The predicted molar refractivity (Wildman–Crippen MR) is 102 cm³/mol. The van der Waals surface area contributed by atoms with Gasteiger partial charge in [0.15, 0.2) is 0 Å². The van der Waals surface area contributed by atoms with Crippen LogP contribution in [0.1, 0.15) is 41.5 Å². The third-order valence-corrected chi connectivity index (χ3v) is 14.4. The van der Waals surface area contributed by atoms with Crippen molar-refractivity contribution in [3.05, 3.63) is 24.3 Å². The highest BCUT2D eigenvalue weighted by molar-refractivity contribution is 6.75. The Morgan fingerprint density at radius 3 is 1.09 bits per heavy atom. The quantitative estimate of drug-likeness (QED) is 0.456. The summed E-state index contributed by atoms with van der Waals surface area (Å²) in [6, 6.07) is 15.3. The molecule has 4 heteroatoms. The zero-order valence-electron chi connectivity index (χ0n) is 15.4. The van der Waals surface area contributed by atoms with Crippen LogP contribution in [0.3, 0.4) is 0 Å². The normalized spacial score (nSPS) is 12.3. The Hall–Kier alpha value is -0.746. The first-order chi connectivity index (χ1) is 10.5. The first-order valence-electron chi connectivity index (χ1n) is 9.01. The van der Waals surface area contributed by atoms with Crippen molar-refractivity contribution in [2.24, 2.45) is 0 Å². The molecule has 1 rings (SSSR count). The van der Waals surface area contributed by atoms with Crippen molar-refractivity contribution in [1.29, 1.82) is 0 Å². The summed E-state index contributed by atoms with van der Waals surface area (Å²) in [4.78, 5) is 0. The molecule has 0 bridgehead atoms. The van der Waals surface area contributed by atoms with E-state index in [2.05, 4.69) is 65.8 Å². The van der Waals surface area contributed by atoms with Gasteiger partial charge in [0.2, 0.25) is 0 Å². The fourth-order valence-corrected chi connectivity index (χ4v) is 8.15. The van der Waals surface area contributed by atoms with E-state index >= 15 is 0 Å². The Balaban J connectivity index is 3.09. The molecule has 0 atom stereocenters. The number of para-hydroxylation sites is 2. The largest absolute Gasteiger partial charge is 0.541 e. The van der Waals surface area contributed by atoms with Gasteiger partial charge >= 0.3 is 0 Å². The molecule has 0 aliphatic carbocycles. The Labute approximate surface area is 139 Å². The average Bonchev–Trinajstić information content (AvgIpc) is 2.59. The van der Waals surface area contributed by atoms with Gasteiger partial charge < -0.3 is 8.85 Å². The molecule has 1 aromatic rings. The van der Waals surface area contributed by atoms with Gasteiger partial charge in [-0.15, -0.1) is 0 Å². The van der Waals surface area contributed by atoms with E-state index in [4.69, 9.17) is 8.85 Å². The van der Waals surface area contributed by atoms with E-state index in [0.29, 0.717) is 0 Å². The molecule has 22 heavy (non-hydrogen) atoms. The highest BCUT2D eigenvalue weighted by Crippen LogP contribution is 2.36. The van der Waals surface area contributed by atoms with E-state index in [9.17, 15) is 0 Å². The lowest BCUT2D eigenvalue weighted by Crippen LogP contribution is -2.41. The highest BCUT2D eigenvalue weighted by atomic mass is 28.4. The van der Waals surface area contributed by atoms with E-state index in [1.165, 1.54) is 0 Å². The van der Waals surface area contributed by atoms with Crippen LogP contribution in [0, 0.1) is 0 Å². The molecule has 0 fully saturated rings. The lowest BCUT2D eigenvalue weighted by molar-refractivity contribution is 0.468. The van der Waals surface area contributed by atoms with Crippen molar-refractivity contribution in [2.75, 3.05) is 0 Å². The Morgan fingerprint density at radius 1 is 0.591 bits per heavy atom. The van der Waals surface area contributed by atoms with Crippen molar-refractivity contribution in [3.8, 4) is 11.5 Å². The van der Waals surface area contributed by atoms with Gasteiger partial charge in [0.1, 0.15) is 11.5 Å². The Morgan fingerprint density at radius 2 is 0.864 bits per heavy atom. The minimum absolute atomic E-state index is 0.979. The number of rotatable bonds is 10. The fourth-order valence-electron chi connectivity index (χ4n) is 3.02. The summed E-state index contributed by atoms with van der Waals surface area (Å²) in [6.45, 7) is 13.6. The molecular weight excluding hydrogens is 304 g/mol. The van der Waals surface area contributed by atoms with Crippen molar-refractivity contribution in [2.45, 2.75) is 77.8 Å². The maximum absolute atomic E-state index is 6.60. The SMILES string of the molecule is CC[Si](CC)(CC)Oc1ccccc1O[Si](CC)(CC)CC. The van der Waals surface area contributed by atoms with Crippen molar-refractivity contribution in [1.82, 2.24) is 0 Å². The second-order valence-corrected chi connectivity index (χ2v) is 15.5. The number of benzene rings is 1. The molecule has 0 N–H and O–H groups in total. The molecule has 126 valence electrons. The van der Waals surface area contributed by atoms with Crippen LogP contribution in [-0.2, 0) is 0 Å². The van der Waals surface area contributed by atoms with Crippen LogP contribution >= 0.6 is 0 Å². The first-order valence-corrected chi connectivity index (χ1v) is 14.1. The standard InChI is InChI=1S/C18H34O2Si2/c1-7-21(8-2,9-3)19-17-15-13-14-16-18(17)20-22(10-4,11-5)12-6/h13-16H,7-12H2,1-6H3. The lowest BCUT2D eigenvalue weighted by Gasteiger charge is -2.33. The van der Waals surface area contributed by atoms with Crippen LogP contribution in [0.5, 0.6) is 11.5 Å². The summed E-state index contributed by atoms with van der Waals surface area (Å²) in [5.41, 5.74) is 0. The summed E-state index contributed by atoms with van der Waals surface area (Å²) in [7, 11) is -3.32. The van der Waals surface area contributed by atoms with Gasteiger partial charge in [0.05, 0.1) is 0 Å². The Bertz CT molecular complexity index is 383. The van der Waals surface area contributed by atoms with Gasteiger partial charge in [-0.05, 0) is 48.4 Å². The summed E-state index contributed by atoms with van der Waals surface area (Å²) in [5.74, 6) is 1.96. The summed E-state index contributed by atoms with van der Waals surface area (Å²) >= 11 is 0. The minimum Gasteiger partial charge on any atom is -0.541 e. The van der Waals surface area contributed by atoms with Gasteiger partial charge in [-0.3, -0.25) is 0 Å². The second-order valence-electron chi connectivity index (χ2n) is 6.14. The molecular formula is C18H34O2Si2. The molecule has 0 saturated heterocycles. The monoisotopic (exact) mass is 338 g/mol. The van der Waals surface area contributed by atoms with Crippen LogP contribution in [0.15, 0.2) is 24.3 Å². The molecule has 0 aromatic heterocycles. The zero-order chi connectivity index (χ0) is 16.6. The molecule has 0 saturated carbocycles. The number of hydrogen-bond acceptors (Lipinski definition) is 2. The molecule has 0 heterocycles. The average molecular weight is 339 g/mol. The first kappa shape index (κ1) is 19.3. The molecule has 0 amide bonds. The van der Waals surface area contributed by atoms with Crippen LogP contribution < -0.4 is 8.85 Å². The van der Waals surface area contributed by atoms with Crippen LogP contribution in [-0.4, -0.2) is 16.6 Å².